The zero-order valence-corrected chi connectivity index (χ0v) is 24.7. The maximum atomic E-state index is 13.1. The molecule has 1 N–H and O–H groups in total. The molecule has 0 aromatic heterocycles. The van der Waals surface area contributed by atoms with E-state index in [0.717, 1.165) is 0 Å². The van der Waals surface area contributed by atoms with Gasteiger partial charge in [-0.2, -0.15) is 26.3 Å². The first-order chi connectivity index (χ1) is 20.3. The van der Waals surface area contributed by atoms with Crippen molar-refractivity contribution >= 4 is 24.1 Å². The molecule has 2 aromatic rings. The number of carbonyl (C=O) groups is 3. The molecule has 44 heavy (non-hydrogen) atoms. The Morgan fingerprint density at radius 1 is 0.773 bits per heavy atom. The lowest BCUT2D eigenvalue weighted by Gasteiger charge is -2.31. The van der Waals surface area contributed by atoms with Gasteiger partial charge in [-0.05, 0) is 83.4 Å². The van der Waals surface area contributed by atoms with E-state index in [1.807, 2.05) is 0 Å². The van der Waals surface area contributed by atoms with Gasteiger partial charge in [-0.15, -0.1) is 0 Å². The lowest BCUT2D eigenvalue weighted by molar-refractivity contribution is -0.166. The number of alkyl carbamates (subject to hydrolysis) is 1. The molecule has 8 nitrogen and oxygen atoms in total. The molecular weight excluding hydrogens is 600 g/mol. The number of carbonyl (C=O) groups excluding carboxylic acids is 3. The number of alkyl halides is 6. The molecule has 0 fully saturated rings. The standard InChI is InChI=1S/C30H33F6NO7/c1-6-41-24(38)28(25(39)42-7-2,37-26(40)44-27(3,4)5)15-9-8-10-19-11-13-22(14-12-19)43-23-17-20(29(31,32)33)16-21(18-23)30(34,35)36/h8,10-14,16-18H,6-7,9,15H2,1-5H3,(H,37,40). The van der Waals surface area contributed by atoms with Gasteiger partial charge >= 0.3 is 30.4 Å². The van der Waals surface area contributed by atoms with Gasteiger partial charge in [0.05, 0.1) is 24.3 Å². The number of amides is 1. The maximum absolute atomic E-state index is 13.1. The maximum Gasteiger partial charge on any atom is 0.416 e. The molecule has 0 atom stereocenters. The molecule has 0 saturated carbocycles. The fourth-order valence-corrected chi connectivity index (χ4v) is 3.73. The number of benzene rings is 2. The van der Waals surface area contributed by atoms with Gasteiger partial charge in [0.2, 0.25) is 5.54 Å². The summed E-state index contributed by atoms with van der Waals surface area (Å²) in [4.78, 5) is 38.4. The number of hydrogen-bond acceptors (Lipinski definition) is 7. The normalized spacial score (nSPS) is 12.5. The van der Waals surface area contributed by atoms with Crippen LogP contribution in [0.5, 0.6) is 11.5 Å². The lowest BCUT2D eigenvalue weighted by atomic mass is 9.93. The molecule has 1 amide bonds. The average Bonchev–Trinajstić information content (AvgIpc) is 2.89. The van der Waals surface area contributed by atoms with Crippen molar-refractivity contribution in [1.82, 2.24) is 5.32 Å². The van der Waals surface area contributed by atoms with Gasteiger partial charge < -0.3 is 18.9 Å². The van der Waals surface area contributed by atoms with Crippen molar-refractivity contribution in [1.29, 1.82) is 0 Å². The summed E-state index contributed by atoms with van der Waals surface area (Å²) in [5.41, 5.74) is -5.63. The van der Waals surface area contributed by atoms with E-state index in [0.29, 0.717) is 17.7 Å². The minimum Gasteiger partial charge on any atom is -0.464 e. The van der Waals surface area contributed by atoms with Gasteiger partial charge in [-0.25, -0.2) is 14.4 Å². The van der Waals surface area contributed by atoms with Crippen molar-refractivity contribution in [3.63, 3.8) is 0 Å². The zero-order chi connectivity index (χ0) is 33.3. The first kappa shape index (κ1) is 36.0. The minimum atomic E-state index is -5.02. The molecule has 0 bridgehead atoms. The Labute approximate surface area is 250 Å². The molecule has 2 aromatic carbocycles. The van der Waals surface area contributed by atoms with Gasteiger partial charge in [-0.1, -0.05) is 24.3 Å². The second-order valence-electron chi connectivity index (χ2n) is 10.3. The van der Waals surface area contributed by atoms with Crippen LogP contribution in [0.2, 0.25) is 0 Å². The smallest absolute Gasteiger partial charge is 0.416 e. The van der Waals surface area contributed by atoms with E-state index in [1.54, 1.807) is 32.9 Å². The van der Waals surface area contributed by atoms with E-state index in [9.17, 15) is 40.7 Å². The van der Waals surface area contributed by atoms with Crippen molar-refractivity contribution in [3.8, 4) is 11.5 Å². The van der Waals surface area contributed by atoms with Gasteiger partial charge in [0.1, 0.15) is 17.1 Å². The molecule has 0 unspecified atom stereocenters. The van der Waals surface area contributed by atoms with Crippen LogP contribution in [0.15, 0.2) is 48.5 Å². The summed E-state index contributed by atoms with van der Waals surface area (Å²) >= 11 is 0. The molecule has 0 radical (unpaired) electrons. The number of allylic oxidation sites excluding steroid dienone is 1. The van der Waals surface area contributed by atoms with Crippen LogP contribution in [0, 0.1) is 0 Å². The summed E-state index contributed by atoms with van der Waals surface area (Å²) in [6.45, 7) is 7.68. The van der Waals surface area contributed by atoms with Gasteiger partial charge in [0, 0.05) is 0 Å². The van der Waals surface area contributed by atoms with Crippen molar-refractivity contribution in [2.24, 2.45) is 0 Å². The van der Waals surface area contributed by atoms with E-state index in [1.165, 1.54) is 38.1 Å². The van der Waals surface area contributed by atoms with E-state index in [2.05, 4.69) is 5.32 Å². The van der Waals surface area contributed by atoms with Gasteiger partial charge in [-0.3, -0.25) is 5.32 Å². The number of esters is 2. The van der Waals surface area contributed by atoms with Crippen molar-refractivity contribution < 1.29 is 59.7 Å². The molecule has 242 valence electrons. The predicted molar refractivity (Wildman–Crippen MR) is 147 cm³/mol. The van der Waals surface area contributed by atoms with Gasteiger partial charge in [0.15, 0.2) is 0 Å². The highest BCUT2D eigenvalue weighted by Crippen LogP contribution is 2.39. The third-order valence-electron chi connectivity index (χ3n) is 5.64. The third kappa shape index (κ3) is 10.5. The Hall–Kier alpha value is -4.23. The topological polar surface area (TPSA) is 100 Å². The predicted octanol–water partition coefficient (Wildman–Crippen LogP) is 7.70. The molecule has 0 spiro atoms. The van der Waals surface area contributed by atoms with Crippen LogP contribution in [-0.4, -0.2) is 42.4 Å². The van der Waals surface area contributed by atoms with Crippen LogP contribution in [0.1, 0.15) is 64.2 Å². The highest BCUT2D eigenvalue weighted by molar-refractivity contribution is 6.07. The summed E-state index contributed by atoms with van der Waals surface area (Å²) in [6, 6.07) is 6.56. The SMILES string of the molecule is CCOC(=O)C(CCC=Cc1ccc(Oc2cc(C(F)(F)F)cc(C(F)(F)F)c2)cc1)(NC(=O)OC(C)(C)C)C(=O)OCC. The Balaban J connectivity index is 2.24. The molecule has 0 saturated heterocycles. The zero-order valence-electron chi connectivity index (χ0n) is 24.7. The summed E-state index contributed by atoms with van der Waals surface area (Å²) in [5, 5.41) is 2.31. The molecule has 0 heterocycles. The highest BCUT2D eigenvalue weighted by Gasteiger charge is 2.50. The van der Waals surface area contributed by atoms with Crippen LogP contribution in [-0.2, 0) is 36.2 Å². The van der Waals surface area contributed by atoms with Crippen LogP contribution in [0.25, 0.3) is 6.08 Å². The summed E-state index contributed by atoms with van der Waals surface area (Å²) in [5.74, 6) is -2.76. The van der Waals surface area contributed by atoms with E-state index in [4.69, 9.17) is 18.9 Å². The van der Waals surface area contributed by atoms with Crippen LogP contribution in [0.4, 0.5) is 31.1 Å². The fraction of sp³-hybridized carbons (Fsp3) is 0.433. The van der Waals surface area contributed by atoms with E-state index in [-0.39, 0.29) is 37.9 Å². The molecular formula is C30H33F6NO7. The Kier molecular flexibility index (Phi) is 11.8. The molecule has 14 heteroatoms. The first-order valence-corrected chi connectivity index (χ1v) is 13.4. The number of hydrogen-bond donors (Lipinski definition) is 1. The molecule has 0 aliphatic carbocycles. The third-order valence-corrected chi connectivity index (χ3v) is 5.64. The average molecular weight is 634 g/mol. The lowest BCUT2D eigenvalue weighted by Crippen LogP contribution is -2.62. The van der Waals surface area contributed by atoms with Crippen molar-refractivity contribution in [2.75, 3.05) is 13.2 Å². The van der Waals surface area contributed by atoms with Gasteiger partial charge in [0.25, 0.3) is 0 Å². The quantitative estimate of drug-likeness (QED) is 0.117. The molecule has 0 aliphatic rings. The van der Waals surface area contributed by atoms with E-state index >= 15 is 0 Å². The van der Waals surface area contributed by atoms with Crippen LogP contribution >= 0.6 is 0 Å². The second kappa shape index (κ2) is 14.5. The first-order valence-electron chi connectivity index (χ1n) is 13.4. The molecule has 2 rings (SSSR count). The fourth-order valence-electron chi connectivity index (χ4n) is 3.73. The minimum absolute atomic E-state index is 0.00234. The van der Waals surface area contributed by atoms with Crippen LogP contribution in [0.3, 0.4) is 0 Å². The summed E-state index contributed by atoms with van der Waals surface area (Å²) < 4.78 is 99.4. The number of rotatable bonds is 11. The molecule has 0 aliphatic heterocycles. The second-order valence-corrected chi connectivity index (χ2v) is 10.3. The monoisotopic (exact) mass is 633 g/mol. The number of nitrogens with one attached hydrogen (secondary N) is 1. The largest absolute Gasteiger partial charge is 0.464 e. The Morgan fingerprint density at radius 3 is 1.70 bits per heavy atom. The highest BCUT2D eigenvalue weighted by atomic mass is 19.4. The number of halogens is 6. The Bertz CT molecular complexity index is 1280. The Morgan fingerprint density at radius 2 is 1.27 bits per heavy atom. The number of ether oxygens (including phenoxy) is 4. The summed E-state index contributed by atoms with van der Waals surface area (Å²) in [6.07, 6.45) is -8.15. The van der Waals surface area contributed by atoms with Crippen LogP contribution < -0.4 is 10.1 Å². The van der Waals surface area contributed by atoms with Crippen molar-refractivity contribution in [2.45, 2.75) is 71.0 Å². The van der Waals surface area contributed by atoms with E-state index < -0.39 is 58.4 Å². The van der Waals surface area contributed by atoms with Crippen molar-refractivity contribution in [3.05, 3.63) is 65.2 Å². The summed E-state index contributed by atoms with van der Waals surface area (Å²) in [7, 11) is 0.